The van der Waals surface area contributed by atoms with Gasteiger partial charge in [-0.05, 0) is 43.4 Å². The van der Waals surface area contributed by atoms with Gasteiger partial charge in [-0.1, -0.05) is 19.1 Å². The zero-order valence-corrected chi connectivity index (χ0v) is 6.82. The Morgan fingerprint density at radius 3 is 2.70 bits per heavy atom. The first kappa shape index (κ1) is 6.45. The third-order valence-electron chi connectivity index (χ3n) is 3.64. The second-order valence-electron chi connectivity index (χ2n) is 4.05. The number of allylic oxidation sites excluding steroid dienone is 1. The molecule has 3 aliphatic rings. The lowest BCUT2D eigenvalue weighted by Gasteiger charge is -2.54. The molecule has 0 spiro atoms. The topological polar surface area (TPSA) is 0 Å². The number of rotatable bonds is 1. The van der Waals surface area contributed by atoms with Crippen LogP contribution in [0.15, 0.2) is 12.2 Å². The van der Waals surface area contributed by atoms with Crippen LogP contribution >= 0.6 is 0 Å². The Morgan fingerprint density at radius 1 is 1.60 bits per heavy atom. The van der Waals surface area contributed by atoms with Crippen molar-refractivity contribution in [1.82, 2.24) is 0 Å². The highest BCUT2D eigenvalue weighted by Gasteiger charge is 2.47. The van der Waals surface area contributed by atoms with Gasteiger partial charge < -0.3 is 0 Å². The van der Waals surface area contributed by atoms with Crippen LogP contribution in [0, 0.1) is 11.3 Å². The van der Waals surface area contributed by atoms with Crippen molar-refractivity contribution in [2.45, 2.75) is 39.0 Å². The summed E-state index contributed by atoms with van der Waals surface area (Å²) in [5.74, 6) is 1.07. The molecule has 0 atom stereocenters. The number of fused-ring (bicyclic) bond motifs is 2. The summed E-state index contributed by atoms with van der Waals surface area (Å²) in [6.07, 6.45) is 7.01. The maximum atomic E-state index is 4.18. The van der Waals surface area contributed by atoms with E-state index in [0.717, 1.165) is 5.92 Å². The summed E-state index contributed by atoms with van der Waals surface area (Å²) < 4.78 is 0. The molecule has 2 bridgehead atoms. The second-order valence-corrected chi connectivity index (χ2v) is 4.05. The van der Waals surface area contributed by atoms with E-state index in [1.807, 2.05) is 0 Å². The number of hydrogen-bond donors (Lipinski definition) is 0. The average molecular weight is 136 g/mol. The summed E-state index contributed by atoms with van der Waals surface area (Å²) in [4.78, 5) is 0. The fourth-order valence-corrected chi connectivity index (χ4v) is 2.72. The normalized spacial score (nSPS) is 44.9. The fourth-order valence-electron chi connectivity index (χ4n) is 2.72. The van der Waals surface area contributed by atoms with Crippen molar-refractivity contribution < 1.29 is 0 Å². The van der Waals surface area contributed by atoms with Crippen LogP contribution in [0.4, 0.5) is 0 Å². The van der Waals surface area contributed by atoms with Gasteiger partial charge in [0.05, 0.1) is 0 Å². The minimum Gasteiger partial charge on any atom is -0.0993 e. The largest absolute Gasteiger partial charge is 0.0993 e. The summed E-state index contributed by atoms with van der Waals surface area (Å²) >= 11 is 0. The minimum atomic E-state index is 0.628. The highest BCUT2D eigenvalue weighted by molar-refractivity contribution is 5.20. The van der Waals surface area contributed by atoms with E-state index >= 15 is 0 Å². The van der Waals surface area contributed by atoms with Crippen LogP contribution in [0.2, 0.25) is 0 Å². The molecule has 3 aliphatic carbocycles. The molecule has 0 N–H and O–H groups in total. The van der Waals surface area contributed by atoms with Crippen molar-refractivity contribution in [2.75, 3.05) is 0 Å². The molecule has 0 radical (unpaired) electrons. The highest BCUT2D eigenvalue weighted by Crippen LogP contribution is 2.59. The Morgan fingerprint density at radius 2 is 2.30 bits per heavy atom. The van der Waals surface area contributed by atoms with Gasteiger partial charge in [-0.3, -0.25) is 0 Å². The van der Waals surface area contributed by atoms with Crippen molar-refractivity contribution in [3.8, 4) is 0 Å². The highest BCUT2D eigenvalue weighted by atomic mass is 14.5. The SMILES string of the molecule is C=C1CCC2CC1(CC)C2. The summed E-state index contributed by atoms with van der Waals surface area (Å²) in [5, 5.41) is 0. The molecule has 0 amide bonds. The lowest BCUT2D eigenvalue weighted by Crippen LogP contribution is -2.42. The Labute approximate surface area is 63.3 Å². The molecule has 0 aliphatic heterocycles. The third-order valence-corrected chi connectivity index (χ3v) is 3.64. The molecular weight excluding hydrogens is 120 g/mol. The molecule has 3 fully saturated rings. The van der Waals surface area contributed by atoms with Crippen LogP contribution in [0.25, 0.3) is 0 Å². The first-order valence-corrected chi connectivity index (χ1v) is 4.45. The lowest BCUT2D eigenvalue weighted by molar-refractivity contribution is 0.0483. The van der Waals surface area contributed by atoms with E-state index in [1.165, 1.54) is 32.1 Å². The lowest BCUT2D eigenvalue weighted by atomic mass is 9.51. The Kier molecular flexibility index (Phi) is 1.21. The van der Waals surface area contributed by atoms with Crippen molar-refractivity contribution in [2.24, 2.45) is 11.3 Å². The zero-order chi connectivity index (χ0) is 7.19. The molecule has 0 heterocycles. The molecule has 0 nitrogen and oxygen atoms in total. The molecule has 0 saturated heterocycles. The molecule has 0 aromatic carbocycles. The molecule has 10 heavy (non-hydrogen) atoms. The number of hydrogen-bond acceptors (Lipinski definition) is 0. The second kappa shape index (κ2) is 1.87. The molecule has 3 rings (SSSR count). The van der Waals surface area contributed by atoms with Crippen molar-refractivity contribution in [1.29, 1.82) is 0 Å². The van der Waals surface area contributed by atoms with Crippen LogP contribution in [-0.2, 0) is 0 Å². The van der Waals surface area contributed by atoms with E-state index in [2.05, 4.69) is 13.5 Å². The fraction of sp³-hybridized carbons (Fsp3) is 0.800. The standard InChI is InChI=1S/C10H16/c1-3-10-6-9(7-10)5-4-8(10)2/h9H,2-7H2,1H3. The molecule has 56 valence electrons. The molecule has 3 saturated carbocycles. The van der Waals surface area contributed by atoms with Gasteiger partial charge >= 0.3 is 0 Å². The first-order chi connectivity index (χ1) is 4.77. The van der Waals surface area contributed by atoms with E-state index in [1.54, 1.807) is 5.57 Å². The van der Waals surface area contributed by atoms with Gasteiger partial charge in [-0.15, -0.1) is 0 Å². The Bertz CT molecular complexity index is 161. The molecule has 0 aromatic heterocycles. The van der Waals surface area contributed by atoms with Gasteiger partial charge in [0.1, 0.15) is 0 Å². The maximum Gasteiger partial charge on any atom is -0.00881 e. The average Bonchev–Trinajstić information content (AvgIpc) is 1.86. The monoisotopic (exact) mass is 136 g/mol. The molecular formula is C10H16. The third kappa shape index (κ3) is 0.624. The van der Waals surface area contributed by atoms with Crippen molar-refractivity contribution in [3.05, 3.63) is 12.2 Å². The summed E-state index contributed by atoms with van der Waals surface area (Å²) in [6.45, 7) is 6.49. The van der Waals surface area contributed by atoms with Crippen LogP contribution in [0.5, 0.6) is 0 Å². The van der Waals surface area contributed by atoms with Crippen LogP contribution in [0.3, 0.4) is 0 Å². The van der Waals surface area contributed by atoms with E-state index in [0.29, 0.717) is 5.41 Å². The quantitative estimate of drug-likeness (QED) is 0.486. The van der Waals surface area contributed by atoms with Crippen LogP contribution in [0.1, 0.15) is 39.0 Å². The van der Waals surface area contributed by atoms with Crippen LogP contribution < -0.4 is 0 Å². The Balaban J connectivity index is 2.17. The molecule has 0 heteroatoms. The van der Waals surface area contributed by atoms with E-state index < -0.39 is 0 Å². The predicted molar refractivity (Wildman–Crippen MR) is 43.8 cm³/mol. The van der Waals surface area contributed by atoms with Crippen LogP contribution in [-0.4, -0.2) is 0 Å². The van der Waals surface area contributed by atoms with Gasteiger partial charge in [0.15, 0.2) is 0 Å². The van der Waals surface area contributed by atoms with E-state index in [4.69, 9.17) is 0 Å². The van der Waals surface area contributed by atoms with Gasteiger partial charge in [-0.25, -0.2) is 0 Å². The van der Waals surface area contributed by atoms with E-state index in [9.17, 15) is 0 Å². The van der Waals surface area contributed by atoms with Crippen molar-refractivity contribution >= 4 is 0 Å². The summed E-state index contributed by atoms with van der Waals surface area (Å²) in [7, 11) is 0. The van der Waals surface area contributed by atoms with Gasteiger partial charge in [0.2, 0.25) is 0 Å². The summed E-state index contributed by atoms with van der Waals surface area (Å²) in [5.41, 5.74) is 2.18. The van der Waals surface area contributed by atoms with Gasteiger partial charge in [-0.2, -0.15) is 0 Å². The first-order valence-electron chi connectivity index (χ1n) is 4.45. The zero-order valence-electron chi connectivity index (χ0n) is 6.82. The molecule has 0 unspecified atom stereocenters. The van der Waals surface area contributed by atoms with Gasteiger partial charge in [0.25, 0.3) is 0 Å². The minimum absolute atomic E-state index is 0.628. The van der Waals surface area contributed by atoms with E-state index in [-0.39, 0.29) is 0 Å². The van der Waals surface area contributed by atoms with Crippen molar-refractivity contribution in [3.63, 3.8) is 0 Å². The predicted octanol–water partition coefficient (Wildman–Crippen LogP) is 3.14. The smallest absolute Gasteiger partial charge is 0.00881 e. The van der Waals surface area contributed by atoms with Gasteiger partial charge in [0, 0.05) is 0 Å². The Hall–Kier alpha value is -0.260. The maximum absolute atomic E-state index is 4.18. The summed E-state index contributed by atoms with van der Waals surface area (Å²) in [6, 6.07) is 0. The molecule has 0 aromatic rings.